The molecule has 0 heterocycles. The first kappa shape index (κ1) is 13.6. The summed E-state index contributed by atoms with van der Waals surface area (Å²) in [5, 5.41) is 8.91. The number of carboxylic acids is 1. The molecule has 1 N–H and O–H groups in total. The van der Waals surface area contributed by atoms with Gasteiger partial charge in [-0.05, 0) is 30.0 Å². The second-order valence-corrected chi connectivity index (χ2v) is 5.27. The normalized spacial score (nSPS) is 21.3. The number of ether oxygens (including phenoxy) is 1. The summed E-state index contributed by atoms with van der Waals surface area (Å²) in [6.07, 6.45) is 0.434. The number of Topliss-reactive ketones (excluding diaryl/α,β-unsaturated/α-hetero) is 1. The van der Waals surface area contributed by atoms with E-state index in [9.17, 15) is 9.59 Å². The van der Waals surface area contributed by atoms with Gasteiger partial charge in [-0.15, -0.1) is 0 Å². The van der Waals surface area contributed by atoms with Crippen molar-refractivity contribution in [3.8, 4) is 5.75 Å². The Hall–Kier alpha value is -1.84. The van der Waals surface area contributed by atoms with Crippen molar-refractivity contribution in [2.45, 2.75) is 26.2 Å². The van der Waals surface area contributed by atoms with Crippen molar-refractivity contribution >= 4 is 11.8 Å². The fourth-order valence-electron chi connectivity index (χ4n) is 2.23. The van der Waals surface area contributed by atoms with Crippen LogP contribution >= 0.6 is 0 Å². The summed E-state index contributed by atoms with van der Waals surface area (Å²) in [4.78, 5) is 23.2. The Morgan fingerprint density at radius 2 is 2.00 bits per heavy atom. The van der Waals surface area contributed by atoms with Crippen LogP contribution in [-0.4, -0.2) is 24.0 Å². The Bertz CT molecular complexity index is 519. The van der Waals surface area contributed by atoms with E-state index in [2.05, 4.69) is 0 Å². The molecule has 1 saturated carbocycles. The maximum absolute atomic E-state index is 12.3. The summed E-state index contributed by atoms with van der Waals surface area (Å²) >= 11 is 0. The van der Waals surface area contributed by atoms with Crippen LogP contribution in [0.4, 0.5) is 0 Å². The highest BCUT2D eigenvalue weighted by atomic mass is 16.5. The number of carbonyl (C=O) groups excluding carboxylic acids is 1. The third-order valence-electron chi connectivity index (χ3n) is 3.60. The van der Waals surface area contributed by atoms with Crippen LogP contribution in [0.3, 0.4) is 0 Å². The van der Waals surface area contributed by atoms with Gasteiger partial charge in [-0.3, -0.25) is 9.59 Å². The number of hydrogen-bond donors (Lipinski definition) is 1. The van der Waals surface area contributed by atoms with Gasteiger partial charge in [-0.2, -0.15) is 0 Å². The number of carbonyl (C=O) groups is 2. The van der Waals surface area contributed by atoms with Gasteiger partial charge in [0.1, 0.15) is 5.75 Å². The fourth-order valence-corrected chi connectivity index (χ4v) is 2.23. The zero-order chi connectivity index (χ0) is 14.2. The van der Waals surface area contributed by atoms with Crippen molar-refractivity contribution < 1.29 is 19.4 Å². The van der Waals surface area contributed by atoms with Crippen LogP contribution in [0.1, 0.15) is 42.1 Å². The van der Waals surface area contributed by atoms with E-state index in [1.54, 1.807) is 6.07 Å². The van der Waals surface area contributed by atoms with E-state index in [0.29, 0.717) is 23.7 Å². The Labute approximate surface area is 112 Å². The molecule has 19 heavy (non-hydrogen) atoms. The van der Waals surface area contributed by atoms with Gasteiger partial charge in [0, 0.05) is 5.92 Å². The number of methoxy groups -OCH3 is 1. The van der Waals surface area contributed by atoms with E-state index in [-0.39, 0.29) is 5.78 Å². The van der Waals surface area contributed by atoms with Gasteiger partial charge in [0.2, 0.25) is 0 Å². The van der Waals surface area contributed by atoms with Crippen LogP contribution in [0.15, 0.2) is 18.2 Å². The van der Waals surface area contributed by atoms with Crippen molar-refractivity contribution in [1.29, 1.82) is 0 Å². The Balaban J connectivity index is 2.30. The van der Waals surface area contributed by atoms with Crippen LogP contribution in [0.2, 0.25) is 0 Å². The highest BCUT2D eigenvalue weighted by Crippen LogP contribution is 2.42. The molecule has 0 aliphatic heterocycles. The highest BCUT2D eigenvalue weighted by Gasteiger charge is 2.48. The number of benzene rings is 1. The molecule has 1 fully saturated rings. The predicted octanol–water partition coefficient (Wildman–Crippen LogP) is 2.72. The van der Waals surface area contributed by atoms with Crippen LogP contribution in [0.25, 0.3) is 0 Å². The molecule has 1 aromatic carbocycles. The van der Waals surface area contributed by atoms with E-state index in [0.717, 1.165) is 5.56 Å². The van der Waals surface area contributed by atoms with Crippen molar-refractivity contribution in [3.05, 3.63) is 29.3 Å². The molecule has 2 atom stereocenters. The summed E-state index contributed by atoms with van der Waals surface area (Å²) in [5.74, 6) is -1.10. The standard InChI is InChI=1S/C15H18O4/c1-8(2)9-4-5-13(19-3)12(6-9)14(16)10-7-11(10)15(17)18/h4-6,8,10-11H,7H2,1-3H3,(H,17,18). The smallest absolute Gasteiger partial charge is 0.307 e. The van der Waals surface area contributed by atoms with Crippen molar-refractivity contribution in [2.75, 3.05) is 7.11 Å². The Kier molecular flexibility index (Phi) is 3.60. The number of aliphatic carboxylic acids is 1. The van der Waals surface area contributed by atoms with Crippen LogP contribution in [-0.2, 0) is 4.79 Å². The molecule has 2 unspecified atom stereocenters. The lowest BCUT2D eigenvalue weighted by atomic mass is 9.96. The molecule has 0 radical (unpaired) electrons. The molecule has 2 rings (SSSR count). The maximum atomic E-state index is 12.3. The van der Waals surface area contributed by atoms with Crippen molar-refractivity contribution in [1.82, 2.24) is 0 Å². The Morgan fingerprint density at radius 1 is 1.32 bits per heavy atom. The third kappa shape index (κ3) is 2.62. The predicted molar refractivity (Wildman–Crippen MR) is 70.6 cm³/mol. The second-order valence-electron chi connectivity index (χ2n) is 5.27. The molecule has 102 valence electrons. The number of hydrogen-bond acceptors (Lipinski definition) is 3. The number of ketones is 1. The third-order valence-corrected chi connectivity index (χ3v) is 3.60. The Morgan fingerprint density at radius 3 is 2.47 bits per heavy atom. The van der Waals surface area contributed by atoms with Gasteiger partial charge in [0.05, 0.1) is 18.6 Å². The minimum absolute atomic E-state index is 0.119. The summed E-state index contributed by atoms with van der Waals surface area (Å²) < 4.78 is 5.21. The zero-order valence-electron chi connectivity index (χ0n) is 11.3. The first-order valence-electron chi connectivity index (χ1n) is 6.40. The average Bonchev–Trinajstić information content (AvgIpc) is 3.17. The molecule has 0 saturated heterocycles. The van der Waals surface area contributed by atoms with E-state index in [4.69, 9.17) is 9.84 Å². The molecule has 0 amide bonds. The quantitative estimate of drug-likeness (QED) is 0.829. The van der Waals surface area contributed by atoms with Gasteiger partial charge in [-0.1, -0.05) is 19.9 Å². The largest absolute Gasteiger partial charge is 0.496 e. The molecular formula is C15H18O4. The number of carboxylic acid groups (broad SMARTS) is 1. The SMILES string of the molecule is COc1ccc(C(C)C)cc1C(=O)C1CC1C(=O)O. The summed E-state index contributed by atoms with van der Waals surface area (Å²) in [5.41, 5.74) is 1.55. The van der Waals surface area contributed by atoms with E-state index in [1.165, 1.54) is 7.11 Å². The molecule has 1 aromatic rings. The molecule has 0 aromatic heterocycles. The summed E-state index contributed by atoms with van der Waals surface area (Å²) in [6, 6.07) is 5.53. The lowest BCUT2D eigenvalue weighted by molar-refractivity contribution is -0.138. The fraction of sp³-hybridized carbons (Fsp3) is 0.467. The highest BCUT2D eigenvalue weighted by molar-refractivity contribution is 6.04. The van der Waals surface area contributed by atoms with Crippen LogP contribution < -0.4 is 4.74 Å². The average molecular weight is 262 g/mol. The van der Waals surface area contributed by atoms with Crippen LogP contribution in [0.5, 0.6) is 5.75 Å². The zero-order valence-corrected chi connectivity index (χ0v) is 11.3. The van der Waals surface area contributed by atoms with Gasteiger partial charge in [-0.25, -0.2) is 0 Å². The lowest BCUT2D eigenvalue weighted by Gasteiger charge is -2.11. The minimum Gasteiger partial charge on any atom is -0.496 e. The second kappa shape index (κ2) is 5.03. The van der Waals surface area contributed by atoms with Crippen molar-refractivity contribution in [3.63, 3.8) is 0 Å². The molecule has 0 bridgehead atoms. The molecule has 1 aliphatic carbocycles. The topological polar surface area (TPSA) is 63.6 Å². The van der Waals surface area contributed by atoms with Gasteiger partial charge in [0.25, 0.3) is 0 Å². The minimum atomic E-state index is -0.891. The van der Waals surface area contributed by atoms with Crippen molar-refractivity contribution in [2.24, 2.45) is 11.8 Å². The van der Waals surface area contributed by atoms with E-state index in [1.807, 2.05) is 26.0 Å². The molecule has 1 aliphatic rings. The lowest BCUT2D eigenvalue weighted by Crippen LogP contribution is -2.10. The van der Waals surface area contributed by atoms with Crippen LogP contribution in [0, 0.1) is 11.8 Å². The monoisotopic (exact) mass is 262 g/mol. The van der Waals surface area contributed by atoms with Gasteiger partial charge >= 0.3 is 5.97 Å². The van der Waals surface area contributed by atoms with Gasteiger partial charge in [0.15, 0.2) is 5.78 Å². The summed E-state index contributed by atoms with van der Waals surface area (Å²) in [7, 11) is 1.52. The van der Waals surface area contributed by atoms with Gasteiger partial charge < -0.3 is 9.84 Å². The molecular weight excluding hydrogens is 244 g/mol. The summed E-state index contributed by atoms with van der Waals surface area (Å²) in [6.45, 7) is 4.10. The van der Waals surface area contributed by atoms with E-state index >= 15 is 0 Å². The molecule has 0 spiro atoms. The molecule has 4 heteroatoms. The molecule has 4 nitrogen and oxygen atoms in total. The first-order chi connectivity index (χ1) is 8.95. The van der Waals surface area contributed by atoms with E-state index < -0.39 is 17.8 Å². The number of rotatable bonds is 5. The first-order valence-corrected chi connectivity index (χ1v) is 6.40. The maximum Gasteiger partial charge on any atom is 0.307 e.